The number of rotatable bonds is 3. The van der Waals surface area contributed by atoms with E-state index in [9.17, 15) is 9.18 Å². The van der Waals surface area contributed by atoms with E-state index in [-0.39, 0.29) is 29.6 Å². The molecule has 113 valence electrons. The molecule has 1 saturated heterocycles. The minimum Gasteiger partial charge on any atom is -0.379 e. The van der Waals surface area contributed by atoms with Gasteiger partial charge in [-0.15, -0.1) is 0 Å². The number of ether oxygens (including phenoxy) is 1. The number of amides is 1. The third-order valence-corrected chi connectivity index (χ3v) is 4.45. The van der Waals surface area contributed by atoms with E-state index in [4.69, 9.17) is 4.74 Å². The van der Waals surface area contributed by atoms with Gasteiger partial charge in [-0.1, -0.05) is 12.1 Å². The summed E-state index contributed by atoms with van der Waals surface area (Å²) in [5.74, 6) is 0.261. The molecule has 1 heterocycles. The third kappa shape index (κ3) is 3.62. The van der Waals surface area contributed by atoms with Crippen LogP contribution in [-0.4, -0.2) is 25.2 Å². The van der Waals surface area contributed by atoms with Gasteiger partial charge in [0.1, 0.15) is 5.82 Å². The second-order valence-electron chi connectivity index (χ2n) is 5.98. The van der Waals surface area contributed by atoms with E-state index in [1.165, 1.54) is 6.07 Å². The molecule has 2 unspecified atom stereocenters. The number of halogens is 1. The number of hydrogen-bond acceptors (Lipinski definition) is 2. The van der Waals surface area contributed by atoms with Crippen LogP contribution < -0.4 is 5.32 Å². The van der Waals surface area contributed by atoms with Crippen molar-refractivity contribution in [2.24, 2.45) is 5.92 Å². The first kappa shape index (κ1) is 14.5. The highest BCUT2D eigenvalue weighted by Crippen LogP contribution is 2.35. The maximum atomic E-state index is 13.3. The first-order valence-corrected chi connectivity index (χ1v) is 7.69. The quantitative estimate of drug-likeness (QED) is 0.929. The monoisotopic (exact) mass is 290 g/mol. The number of benzene rings is 1. The molecular formula is C17H21FNO2. The van der Waals surface area contributed by atoms with Gasteiger partial charge in [0.2, 0.25) is 5.91 Å². The van der Waals surface area contributed by atoms with E-state index in [0.717, 1.165) is 37.9 Å². The lowest BCUT2D eigenvalue weighted by molar-refractivity contribution is -0.126. The molecule has 1 aromatic rings. The van der Waals surface area contributed by atoms with Gasteiger partial charge < -0.3 is 10.1 Å². The minimum absolute atomic E-state index is 0.0513. The first-order chi connectivity index (χ1) is 10.2. The molecule has 2 aliphatic rings. The average Bonchev–Trinajstić information content (AvgIpc) is 3.00. The normalized spacial score (nSPS) is 29.3. The van der Waals surface area contributed by atoms with Gasteiger partial charge >= 0.3 is 0 Å². The molecule has 2 fully saturated rings. The van der Waals surface area contributed by atoms with Crippen LogP contribution in [0, 0.1) is 18.2 Å². The van der Waals surface area contributed by atoms with E-state index in [0.29, 0.717) is 6.61 Å². The zero-order chi connectivity index (χ0) is 14.7. The van der Waals surface area contributed by atoms with Gasteiger partial charge in [0.15, 0.2) is 0 Å². The molecule has 0 bridgehead atoms. The summed E-state index contributed by atoms with van der Waals surface area (Å²) in [4.78, 5) is 12.2. The van der Waals surface area contributed by atoms with Crippen LogP contribution in [0.25, 0.3) is 0 Å². The fourth-order valence-electron chi connectivity index (χ4n) is 3.19. The molecular weight excluding hydrogens is 269 g/mol. The molecule has 1 amide bonds. The molecule has 3 nitrogen and oxygen atoms in total. The Kier molecular flexibility index (Phi) is 4.54. The van der Waals surface area contributed by atoms with E-state index in [2.05, 4.69) is 11.7 Å². The SMILES string of the molecule is O=C(N[C@@H]1CCOC1)C1C[CH]C(c2cccc(F)c2)CC1. The van der Waals surface area contributed by atoms with Crippen molar-refractivity contribution in [1.82, 2.24) is 5.32 Å². The Labute approximate surface area is 124 Å². The van der Waals surface area contributed by atoms with Crippen LogP contribution >= 0.6 is 0 Å². The lowest BCUT2D eigenvalue weighted by Gasteiger charge is -2.28. The maximum absolute atomic E-state index is 13.3. The molecule has 0 aromatic heterocycles. The smallest absolute Gasteiger partial charge is 0.223 e. The molecule has 4 heteroatoms. The Morgan fingerprint density at radius 3 is 2.86 bits per heavy atom. The number of carbonyl (C=O) groups is 1. The molecule has 1 N–H and O–H groups in total. The molecule has 1 saturated carbocycles. The fourth-order valence-corrected chi connectivity index (χ4v) is 3.19. The highest BCUT2D eigenvalue weighted by molar-refractivity contribution is 5.79. The Morgan fingerprint density at radius 2 is 2.19 bits per heavy atom. The highest BCUT2D eigenvalue weighted by atomic mass is 19.1. The predicted molar refractivity (Wildman–Crippen MR) is 78.1 cm³/mol. The van der Waals surface area contributed by atoms with Crippen molar-refractivity contribution < 1.29 is 13.9 Å². The number of carbonyl (C=O) groups excluding carboxylic acids is 1. The topological polar surface area (TPSA) is 38.3 Å². The summed E-state index contributed by atoms with van der Waals surface area (Å²) in [7, 11) is 0. The van der Waals surface area contributed by atoms with Crippen LogP contribution in [0.2, 0.25) is 0 Å². The highest BCUT2D eigenvalue weighted by Gasteiger charge is 2.29. The van der Waals surface area contributed by atoms with Gasteiger partial charge in [-0.2, -0.15) is 0 Å². The Morgan fingerprint density at radius 1 is 1.29 bits per heavy atom. The fraction of sp³-hybridized carbons (Fsp3) is 0.529. The summed E-state index contributed by atoms with van der Waals surface area (Å²) >= 11 is 0. The zero-order valence-corrected chi connectivity index (χ0v) is 12.1. The van der Waals surface area contributed by atoms with Crippen molar-refractivity contribution in [2.75, 3.05) is 13.2 Å². The average molecular weight is 290 g/mol. The molecule has 1 aliphatic heterocycles. The molecule has 3 atom stereocenters. The van der Waals surface area contributed by atoms with Crippen LogP contribution in [0.4, 0.5) is 4.39 Å². The summed E-state index contributed by atoms with van der Waals surface area (Å²) < 4.78 is 18.5. The van der Waals surface area contributed by atoms with Crippen molar-refractivity contribution in [3.05, 3.63) is 42.1 Å². The van der Waals surface area contributed by atoms with Crippen LogP contribution in [-0.2, 0) is 9.53 Å². The van der Waals surface area contributed by atoms with E-state index in [1.807, 2.05) is 6.07 Å². The van der Waals surface area contributed by atoms with Gasteiger partial charge in [-0.25, -0.2) is 4.39 Å². The van der Waals surface area contributed by atoms with Crippen LogP contribution in [0.3, 0.4) is 0 Å². The second-order valence-corrected chi connectivity index (χ2v) is 5.98. The molecule has 21 heavy (non-hydrogen) atoms. The lowest BCUT2D eigenvalue weighted by Crippen LogP contribution is -2.40. The minimum atomic E-state index is -0.193. The molecule has 0 spiro atoms. The Hall–Kier alpha value is -1.42. The molecule has 1 radical (unpaired) electrons. The summed E-state index contributed by atoms with van der Waals surface area (Å²) in [5, 5.41) is 3.07. The summed E-state index contributed by atoms with van der Waals surface area (Å²) in [5.41, 5.74) is 1.01. The standard InChI is InChI=1S/C17H21FNO2/c18-15-3-1-2-14(10-15)12-4-6-13(7-5-12)17(20)19-16-8-9-21-11-16/h1-4,10,12-13,16H,5-9,11H2,(H,19,20)/t12?,13?,16-/m1/s1. The lowest BCUT2D eigenvalue weighted by atomic mass is 9.78. The molecule has 1 aliphatic carbocycles. The number of nitrogens with one attached hydrogen (secondary N) is 1. The van der Waals surface area contributed by atoms with Crippen molar-refractivity contribution in [1.29, 1.82) is 0 Å². The van der Waals surface area contributed by atoms with Gasteiger partial charge in [0, 0.05) is 12.5 Å². The van der Waals surface area contributed by atoms with Crippen LogP contribution in [0.1, 0.15) is 37.2 Å². The van der Waals surface area contributed by atoms with E-state index in [1.54, 1.807) is 12.1 Å². The Balaban J connectivity index is 1.51. The first-order valence-electron chi connectivity index (χ1n) is 7.69. The third-order valence-electron chi connectivity index (χ3n) is 4.45. The summed E-state index contributed by atoms with van der Waals surface area (Å²) in [6.45, 7) is 1.37. The van der Waals surface area contributed by atoms with Gasteiger partial charge in [0.25, 0.3) is 0 Å². The molecule has 1 aromatic carbocycles. The van der Waals surface area contributed by atoms with Gasteiger partial charge in [-0.3, -0.25) is 4.79 Å². The largest absolute Gasteiger partial charge is 0.379 e. The van der Waals surface area contributed by atoms with Crippen molar-refractivity contribution in [2.45, 2.75) is 37.6 Å². The van der Waals surface area contributed by atoms with Crippen LogP contribution in [0.15, 0.2) is 24.3 Å². The molecule has 3 rings (SSSR count). The van der Waals surface area contributed by atoms with Gasteiger partial charge in [0.05, 0.1) is 12.6 Å². The number of hydrogen-bond donors (Lipinski definition) is 1. The van der Waals surface area contributed by atoms with Crippen LogP contribution in [0.5, 0.6) is 0 Å². The zero-order valence-electron chi connectivity index (χ0n) is 12.1. The van der Waals surface area contributed by atoms with E-state index < -0.39 is 0 Å². The van der Waals surface area contributed by atoms with Crippen molar-refractivity contribution in [3.63, 3.8) is 0 Å². The summed E-state index contributed by atoms with van der Waals surface area (Å²) in [6.07, 6.45) is 5.60. The van der Waals surface area contributed by atoms with Crippen molar-refractivity contribution in [3.8, 4) is 0 Å². The second kappa shape index (κ2) is 6.56. The summed E-state index contributed by atoms with van der Waals surface area (Å²) in [6, 6.07) is 6.94. The van der Waals surface area contributed by atoms with E-state index >= 15 is 0 Å². The predicted octanol–water partition coefficient (Wildman–Crippen LogP) is 2.82. The maximum Gasteiger partial charge on any atom is 0.223 e. The van der Waals surface area contributed by atoms with Gasteiger partial charge in [-0.05, 0) is 55.7 Å². The Bertz CT molecular complexity index is 491. The van der Waals surface area contributed by atoms with Crippen molar-refractivity contribution >= 4 is 5.91 Å².